The molecule has 1 N–H and O–H groups in total. The zero-order chi connectivity index (χ0) is 22.2. The molecule has 3 aromatic rings. The topological polar surface area (TPSA) is 50.8 Å². The molecule has 1 amide bonds. The molecule has 0 aliphatic carbocycles. The first-order valence-corrected chi connectivity index (χ1v) is 10.3. The van der Waals surface area contributed by atoms with E-state index in [0.717, 1.165) is 16.7 Å². The minimum absolute atomic E-state index is 0.0271. The summed E-state index contributed by atoms with van der Waals surface area (Å²) in [6, 6.07) is 25.4. The molecule has 0 saturated carbocycles. The number of hydrogen-bond donors (Lipinski definition) is 1. The van der Waals surface area contributed by atoms with Gasteiger partial charge in [-0.2, -0.15) is 0 Å². The van der Waals surface area contributed by atoms with Gasteiger partial charge >= 0.3 is 0 Å². The van der Waals surface area contributed by atoms with Gasteiger partial charge in [0.15, 0.2) is 11.5 Å². The normalized spacial score (nSPS) is 11.9. The number of ether oxygens (including phenoxy) is 2. The van der Waals surface area contributed by atoms with E-state index in [0.29, 0.717) is 18.0 Å². The zero-order valence-electron chi connectivity index (χ0n) is 18.5. The van der Waals surface area contributed by atoms with Gasteiger partial charge in [-0.05, 0) is 42.8 Å². The van der Waals surface area contributed by atoms with E-state index in [4.69, 9.17) is 9.47 Å². The molecule has 5 heteroatoms. The second-order valence-electron chi connectivity index (χ2n) is 7.54. The molecule has 0 radical (unpaired) electrons. The van der Waals surface area contributed by atoms with E-state index >= 15 is 0 Å². The Morgan fingerprint density at radius 3 is 1.94 bits per heavy atom. The fraction of sp³-hybridized carbons (Fsp3) is 0.269. The number of carbonyl (C=O) groups excluding carboxylic acids is 1. The Morgan fingerprint density at radius 2 is 1.42 bits per heavy atom. The summed E-state index contributed by atoms with van der Waals surface area (Å²) >= 11 is 0. The molecule has 3 rings (SSSR count). The van der Waals surface area contributed by atoms with Crippen LogP contribution in [0.25, 0.3) is 0 Å². The Kier molecular flexibility index (Phi) is 7.68. The predicted molar refractivity (Wildman–Crippen MR) is 123 cm³/mol. The lowest BCUT2D eigenvalue weighted by Crippen LogP contribution is -2.44. The Hall–Kier alpha value is -3.31. The minimum atomic E-state index is -0.317. The van der Waals surface area contributed by atoms with Gasteiger partial charge < -0.3 is 14.8 Å². The number of likely N-dealkylation sites (N-methyl/N-ethyl adjacent to an activating group) is 1. The third-order valence-electron chi connectivity index (χ3n) is 5.47. The fourth-order valence-corrected chi connectivity index (χ4v) is 3.52. The highest BCUT2D eigenvalue weighted by Crippen LogP contribution is 2.28. The van der Waals surface area contributed by atoms with E-state index in [1.54, 1.807) is 14.2 Å². The van der Waals surface area contributed by atoms with Crippen LogP contribution < -0.4 is 14.8 Å². The van der Waals surface area contributed by atoms with E-state index in [1.807, 2.05) is 97.7 Å². The zero-order valence-corrected chi connectivity index (χ0v) is 18.5. The second kappa shape index (κ2) is 10.6. The van der Waals surface area contributed by atoms with Crippen molar-refractivity contribution in [1.29, 1.82) is 0 Å². The molecule has 0 aromatic heterocycles. The number of benzene rings is 3. The molecular formula is C26H30N2O3. The van der Waals surface area contributed by atoms with Crippen LogP contribution in [0.2, 0.25) is 0 Å². The quantitative estimate of drug-likeness (QED) is 0.559. The van der Waals surface area contributed by atoms with Crippen LogP contribution in [0.4, 0.5) is 0 Å². The highest BCUT2D eigenvalue weighted by atomic mass is 16.5. The highest BCUT2D eigenvalue weighted by molar-refractivity contribution is 5.82. The van der Waals surface area contributed by atoms with E-state index in [9.17, 15) is 4.79 Å². The van der Waals surface area contributed by atoms with Crippen molar-refractivity contribution >= 4 is 5.91 Å². The molecule has 162 valence electrons. The second-order valence-corrected chi connectivity index (χ2v) is 7.54. The highest BCUT2D eigenvalue weighted by Gasteiger charge is 2.23. The summed E-state index contributed by atoms with van der Waals surface area (Å²) in [5, 5.41) is 3.23. The van der Waals surface area contributed by atoms with Gasteiger partial charge in [0.2, 0.25) is 5.91 Å². The SMILES string of the molecule is COc1ccc(CN(C)[C@H](C)C(=O)NC(c2ccccc2)c2ccccc2)cc1OC. The van der Waals surface area contributed by atoms with Crippen LogP contribution in [0.1, 0.15) is 29.7 Å². The van der Waals surface area contributed by atoms with Crippen molar-refractivity contribution < 1.29 is 14.3 Å². The van der Waals surface area contributed by atoms with Crippen molar-refractivity contribution in [2.75, 3.05) is 21.3 Å². The summed E-state index contributed by atoms with van der Waals surface area (Å²) in [5.41, 5.74) is 3.15. The molecule has 3 aromatic carbocycles. The van der Waals surface area contributed by atoms with Crippen LogP contribution in [-0.4, -0.2) is 38.1 Å². The number of amides is 1. The van der Waals surface area contributed by atoms with Gasteiger partial charge in [-0.25, -0.2) is 0 Å². The smallest absolute Gasteiger partial charge is 0.237 e. The van der Waals surface area contributed by atoms with Crippen LogP contribution in [-0.2, 0) is 11.3 Å². The third kappa shape index (κ3) is 5.64. The fourth-order valence-electron chi connectivity index (χ4n) is 3.52. The van der Waals surface area contributed by atoms with Crippen molar-refractivity contribution in [3.63, 3.8) is 0 Å². The van der Waals surface area contributed by atoms with Crippen LogP contribution in [0.5, 0.6) is 11.5 Å². The number of rotatable bonds is 9. The Morgan fingerprint density at radius 1 is 0.871 bits per heavy atom. The van der Waals surface area contributed by atoms with Gasteiger partial charge in [0.1, 0.15) is 0 Å². The molecule has 0 saturated heterocycles. The number of methoxy groups -OCH3 is 2. The van der Waals surface area contributed by atoms with Gasteiger partial charge in [0.25, 0.3) is 0 Å². The first-order chi connectivity index (χ1) is 15.0. The average Bonchev–Trinajstić information content (AvgIpc) is 2.82. The van der Waals surface area contributed by atoms with Crippen molar-refractivity contribution in [2.45, 2.75) is 25.6 Å². The lowest BCUT2D eigenvalue weighted by atomic mass is 9.98. The summed E-state index contributed by atoms with van der Waals surface area (Å²) in [6.07, 6.45) is 0. The van der Waals surface area contributed by atoms with E-state index in [2.05, 4.69) is 5.32 Å². The Bertz CT molecular complexity index is 937. The van der Waals surface area contributed by atoms with Gasteiger partial charge in [0.05, 0.1) is 26.3 Å². The molecule has 5 nitrogen and oxygen atoms in total. The minimum Gasteiger partial charge on any atom is -0.493 e. The van der Waals surface area contributed by atoms with Crippen LogP contribution in [0.3, 0.4) is 0 Å². The van der Waals surface area contributed by atoms with Crippen molar-refractivity contribution in [1.82, 2.24) is 10.2 Å². The lowest BCUT2D eigenvalue weighted by molar-refractivity contribution is -0.126. The third-order valence-corrected chi connectivity index (χ3v) is 5.47. The van der Waals surface area contributed by atoms with Crippen LogP contribution in [0, 0.1) is 0 Å². The molecule has 31 heavy (non-hydrogen) atoms. The number of nitrogens with zero attached hydrogens (tertiary/aromatic N) is 1. The van der Waals surface area contributed by atoms with Crippen molar-refractivity contribution in [3.05, 3.63) is 95.6 Å². The first-order valence-electron chi connectivity index (χ1n) is 10.3. The maximum absolute atomic E-state index is 13.2. The molecule has 1 atom stereocenters. The molecule has 0 spiro atoms. The Labute approximate surface area is 184 Å². The maximum Gasteiger partial charge on any atom is 0.237 e. The van der Waals surface area contributed by atoms with Crippen LogP contribution in [0.15, 0.2) is 78.9 Å². The molecule has 0 aliphatic rings. The molecule has 0 fully saturated rings. The largest absolute Gasteiger partial charge is 0.493 e. The number of nitrogens with one attached hydrogen (secondary N) is 1. The van der Waals surface area contributed by atoms with Gasteiger partial charge in [-0.3, -0.25) is 9.69 Å². The van der Waals surface area contributed by atoms with Crippen LogP contribution >= 0.6 is 0 Å². The van der Waals surface area contributed by atoms with E-state index in [1.165, 1.54) is 0 Å². The van der Waals surface area contributed by atoms with E-state index < -0.39 is 0 Å². The van der Waals surface area contributed by atoms with E-state index in [-0.39, 0.29) is 18.0 Å². The van der Waals surface area contributed by atoms with Gasteiger partial charge in [0, 0.05) is 6.54 Å². The summed E-state index contributed by atoms with van der Waals surface area (Å²) < 4.78 is 10.7. The molecule has 0 unspecified atom stereocenters. The lowest BCUT2D eigenvalue weighted by Gasteiger charge is -2.27. The summed E-state index contributed by atoms with van der Waals surface area (Å²) in [6.45, 7) is 2.53. The summed E-state index contributed by atoms with van der Waals surface area (Å²) in [4.78, 5) is 15.2. The Balaban J connectivity index is 1.73. The monoisotopic (exact) mass is 418 g/mol. The predicted octanol–water partition coefficient (Wildman–Crippen LogP) is 4.43. The molecule has 0 heterocycles. The summed E-state index contributed by atoms with van der Waals surface area (Å²) in [7, 11) is 5.18. The number of carbonyl (C=O) groups is 1. The standard InChI is InChI=1S/C26H30N2O3/c1-19(28(2)18-20-15-16-23(30-3)24(17-20)31-4)26(29)27-25(21-11-7-5-8-12-21)22-13-9-6-10-14-22/h5-17,19,25H,18H2,1-4H3,(H,27,29)/t19-/m1/s1. The van der Waals surface area contributed by atoms with Crippen molar-refractivity contribution in [2.24, 2.45) is 0 Å². The maximum atomic E-state index is 13.2. The number of hydrogen-bond acceptors (Lipinski definition) is 4. The molecule has 0 aliphatic heterocycles. The average molecular weight is 419 g/mol. The van der Waals surface area contributed by atoms with Gasteiger partial charge in [-0.1, -0.05) is 66.7 Å². The van der Waals surface area contributed by atoms with Crippen molar-refractivity contribution in [3.8, 4) is 11.5 Å². The van der Waals surface area contributed by atoms with Gasteiger partial charge in [-0.15, -0.1) is 0 Å². The molecule has 0 bridgehead atoms. The first kappa shape index (κ1) is 22.4. The summed E-state index contributed by atoms with van der Waals surface area (Å²) in [5.74, 6) is 1.34. The molecular weight excluding hydrogens is 388 g/mol.